The Morgan fingerprint density at radius 1 is 1.50 bits per heavy atom. The highest BCUT2D eigenvalue weighted by Crippen LogP contribution is 2.28. The van der Waals surface area contributed by atoms with Crippen molar-refractivity contribution in [1.82, 2.24) is 0 Å². The summed E-state index contributed by atoms with van der Waals surface area (Å²) >= 11 is 0. The minimum Gasteiger partial charge on any atom is -0.489 e. The van der Waals surface area contributed by atoms with Crippen LogP contribution in [0.4, 0.5) is 0 Å². The van der Waals surface area contributed by atoms with Crippen LogP contribution in [0.2, 0.25) is 0 Å². The van der Waals surface area contributed by atoms with Crippen LogP contribution in [0, 0.1) is 11.3 Å². The predicted molar refractivity (Wildman–Crippen MR) is 44.8 cm³/mol. The lowest BCUT2D eigenvalue weighted by Crippen LogP contribution is -2.10. The fourth-order valence-corrected chi connectivity index (χ4v) is 1.47. The van der Waals surface area contributed by atoms with Crippen molar-refractivity contribution < 1.29 is 4.74 Å². The molecule has 1 aliphatic heterocycles. The number of nitriles is 1. The lowest BCUT2D eigenvalue weighted by molar-refractivity contribution is 0.238. The molecule has 0 radical (unpaired) electrons. The molecule has 0 N–H and O–H groups in total. The third kappa shape index (κ3) is 1.14. The first-order chi connectivity index (χ1) is 5.90. The highest BCUT2D eigenvalue weighted by atomic mass is 16.5. The van der Waals surface area contributed by atoms with Crippen molar-refractivity contribution in [2.75, 3.05) is 0 Å². The van der Waals surface area contributed by atoms with E-state index in [1.54, 1.807) is 0 Å². The van der Waals surface area contributed by atoms with Gasteiger partial charge in [-0.2, -0.15) is 5.26 Å². The van der Waals surface area contributed by atoms with Crippen LogP contribution in [0.5, 0.6) is 5.75 Å². The molecule has 0 amide bonds. The van der Waals surface area contributed by atoms with Crippen molar-refractivity contribution in [3.8, 4) is 11.8 Å². The van der Waals surface area contributed by atoms with Crippen LogP contribution in [-0.4, -0.2) is 6.10 Å². The van der Waals surface area contributed by atoms with Crippen molar-refractivity contribution in [1.29, 1.82) is 5.26 Å². The molecule has 0 aromatic heterocycles. The van der Waals surface area contributed by atoms with E-state index in [0.717, 1.165) is 12.2 Å². The summed E-state index contributed by atoms with van der Waals surface area (Å²) in [5.41, 5.74) is 1.22. The van der Waals surface area contributed by atoms with Crippen molar-refractivity contribution in [3.63, 3.8) is 0 Å². The Balaban J connectivity index is 2.18. The number of para-hydroxylation sites is 1. The van der Waals surface area contributed by atoms with E-state index >= 15 is 0 Å². The van der Waals surface area contributed by atoms with Gasteiger partial charge >= 0.3 is 0 Å². The van der Waals surface area contributed by atoms with Gasteiger partial charge in [-0.25, -0.2) is 0 Å². The second kappa shape index (κ2) is 2.86. The molecule has 1 aromatic rings. The highest BCUT2D eigenvalue weighted by Gasteiger charge is 2.21. The maximum Gasteiger partial charge on any atom is 0.123 e. The van der Waals surface area contributed by atoms with E-state index in [1.807, 2.05) is 24.3 Å². The number of ether oxygens (including phenoxy) is 1. The lowest BCUT2D eigenvalue weighted by Gasteiger charge is -2.03. The summed E-state index contributed by atoms with van der Waals surface area (Å²) in [7, 11) is 0. The van der Waals surface area contributed by atoms with Gasteiger partial charge in [-0.3, -0.25) is 0 Å². The number of hydrogen-bond acceptors (Lipinski definition) is 2. The number of rotatable bonds is 1. The van der Waals surface area contributed by atoms with Crippen molar-refractivity contribution >= 4 is 0 Å². The maximum atomic E-state index is 8.48. The molecule has 1 heterocycles. The van der Waals surface area contributed by atoms with E-state index in [1.165, 1.54) is 5.56 Å². The molecule has 0 unspecified atom stereocenters. The van der Waals surface area contributed by atoms with Gasteiger partial charge in [0.2, 0.25) is 0 Å². The number of nitrogens with zero attached hydrogens (tertiary/aromatic N) is 1. The molecule has 0 spiro atoms. The minimum absolute atomic E-state index is 0.0763. The zero-order chi connectivity index (χ0) is 8.39. The molecule has 2 nitrogen and oxygen atoms in total. The second-order valence-corrected chi connectivity index (χ2v) is 2.91. The van der Waals surface area contributed by atoms with Gasteiger partial charge in [0.25, 0.3) is 0 Å². The van der Waals surface area contributed by atoms with Gasteiger partial charge in [0, 0.05) is 6.42 Å². The zero-order valence-electron chi connectivity index (χ0n) is 6.66. The summed E-state index contributed by atoms with van der Waals surface area (Å²) in [6, 6.07) is 10.1. The quantitative estimate of drug-likeness (QED) is 0.627. The number of hydrogen-bond donors (Lipinski definition) is 0. The molecule has 0 aliphatic carbocycles. The first-order valence-electron chi connectivity index (χ1n) is 4.01. The predicted octanol–water partition coefficient (Wildman–Crippen LogP) is 1.90. The van der Waals surface area contributed by atoms with E-state index < -0.39 is 0 Å². The smallest absolute Gasteiger partial charge is 0.123 e. The molecule has 60 valence electrons. The summed E-state index contributed by atoms with van der Waals surface area (Å²) in [6.45, 7) is 0. The average Bonchev–Trinajstić information content (AvgIpc) is 2.47. The normalized spacial score (nSPS) is 19.4. The molecule has 1 atom stereocenters. The third-order valence-electron chi connectivity index (χ3n) is 2.03. The summed E-state index contributed by atoms with van der Waals surface area (Å²) < 4.78 is 5.52. The van der Waals surface area contributed by atoms with Crippen LogP contribution in [-0.2, 0) is 6.42 Å². The molecule has 0 saturated heterocycles. The Morgan fingerprint density at radius 2 is 2.33 bits per heavy atom. The summed E-state index contributed by atoms with van der Waals surface area (Å²) in [6.07, 6.45) is 1.44. The first-order valence-corrected chi connectivity index (χ1v) is 4.01. The zero-order valence-corrected chi connectivity index (χ0v) is 6.66. The Bertz CT molecular complexity index is 302. The maximum absolute atomic E-state index is 8.48. The Labute approximate surface area is 71.4 Å². The van der Waals surface area contributed by atoms with Gasteiger partial charge in [0.15, 0.2) is 0 Å². The van der Waals surface area contributed by atoms with Crippen LogP contribution in [0.15, 0.2) is 24.3 Å². The highest BCUT2D eigenvalue weighted by molar-refractivity contribution is 5.37. The van der Waals surface area contributed by atoms with Crippen LogP contribution in [0.3, 0.4) is 0 Å². The molecule has 0 fully saturated rings. The Kier molecular flexibility index (Phi) is 1.71. The van der Waals surface area contributed by atoms with E-state index in [0.29, 0.717) is 6.42 Å². The number of fused-ring (bicyclic) bond motifs is 1. The minimum atomic E-state index is 0.0763. The molecule has 1 aliphatic rings. The average molecular weight is 159 g/mol. The lowest BCUT2D eigenvalue weighted by atomic mass is 10.1. The Morgan fingerprint density at radius 3 is 3.08 bits per heavy atom. The summed E-state index contributed by atoms with van der Waals surface area (Å²) in [4.78, 5) is 0. The van der Waals surface area contributed by atoms with Crippen molar-refractivity contribution in [2.24, 2.45) is 0 Å². The van der Waals surface area contributed by atoms with Crippen LogP contribution in [0.25, 0.3) is 0 Å². The monoisotopic (exact) mass is 159 g/mol. The van der Waals surface area contributed by atoms with Crippen LogP contribution in [0.1, 0.15) is 12.0 Å². The SMILES string of the molecule is N#CC[C@@H]1Cc2ccccc2O1. The molecule has 0 saturated carbocycles. The fourth-order valence-electron chi connectivity index (χ4n) is 1.47. The van der Waals surface area contributed by atoms with Gasteiger partial charge in [0.05, 0.1) is 12.5 Å². The Hall–Kier alpha value is -1.49. The second-order valence-electron chi connectivity index (χ2n) is 2.91. The molecule has 1 aromatic carbocycles. The summed E-state index contributed by atoms with van der Waals surface area (Å²) in [5.74, 6) is 0.942. The van der Waals surface area contributed by atoms with Gasteiger partial charge < -0.3 is 4.74 Å². The van der Waals surface area contributed by atoms with E-state index in [-0.39, 0.29) is 6.10 Å². The summed E-state index contributed by atoms with van der Waals surface area (Å²) in [5, 5.41) is 8.48. The van der Waals surface area contributed by atoms with Gasteiger partial charge in [-0.05, 0) is 11.6 Å². The van der Waals surface area contributed by atoms with Crippen LogP contribution >= 0.6 is 0 Å². The van der Waals surface area contributed by atoms with E-state index in [4.69, 9.17) is 10.00 Å². The van der Waals surface area contributed by atoms with Gasteiger partial charge in [0.1, 0.15) is 11.9 Å². The van der Waals surface area contributed by atoms with Crippen LogP contribution < -0.4 is 4.74 Å². The van der Waals surface area contributed by atoms with E-state index in [9.17, 15) is 0 Å². The van der Waals surface area contributed by atoms with Gasteiger partial charge in [-0.1, -0.05) is 18.2 Å². The standard InChI is InChI=1S/C10H9NO/c11-6-5-9-7-8-3-1-2-4-10(8)12-9/h1-4,9H,5,7H2/t9-/m1/s1. The van der Waals surface area contributed by atoms with Crippen molar-refractivity contribution in [3.05, 3.63) is 29.8 Å². The fraction of sp³-hybridized carbons (Fsp3) is 0.300. The van der Waals surface area contributed by atoms with Crippen molar-refractivity contribution in [2.45, 2.75) is 18.9 Å². The van der Waals surface area contributed by atoms with E-state index in [2.05, 4.69) is 6.07 Å². The molecular weight excluding hydrogens is 150 g/mol. The molecular formula is C10H9NO. The topological polar surface area (TPSA) is 33.0 Å². The largest absolute Gasteiger partial charge is 0.489 e. The molecule has 2 heteroatoms. The molecule has 0 bridgehead atoms. The molecule has 12 heavy (non-hydrogen) atoms. The molecule has 2 rings (SSSR count). The third-order valence-corrected chi connectivity index (χ3v) is 2.03. The van der Waals surface area contributed by atoms with Gasteiger partial charge in [-0.15, -0.1) is 0 Å². The first kappa shape index (κ1) is 7.17. The number of benzene rings is 1.